The number of hydrogen-bond donors (Lipinski definition) is 1. The molecule has 2 nitrogen and oxygen atoms in total. The van der Waals surface area contributed by atoms with Crippen LogP contribution in [0.3, 0.4) is 0 Å². The lowest BCUT2D eigenvalue weighted by Gasteiger charge is -2.02. The molecule has 0 radical (unpaired) electrons. The molecular weight excluding hydrogens is 244 g/mol. The number of fused-ring (bicyclic) bond motifs is 4. The molecule has 0 saturated carbocycles. The number of benzene rings is 2. The fourth-order valence-corrected chi connectivity index (χ4v) is 2.56. The first-order valence-corrected chi connectivity index (χ1v) is 6.16. The number of pyridine rings is 1. The van der Waals surface area contributed by atoms with Crippen LogP contribution in [0.4, 0.5) is 0 Å². The van der Waals surface area contributed by atoms with Crippen molar-refractivity contribution < 1.29 is 0 Å². The highest BCUT2D eigenvalue weighted by Gasteiger charge is 2.13. The Kier molecular flexibility index (Phi) is 1.91. The Morgan fingerprint density at radius 2 is 1.89 bits per heavy atom. The van der Waals surface area contributed by atoms with Gasteiger partial charge in [-0.05, 0) is 29.7 Å². The summed E-state index contributed by atoms with van der Waals surface area (Å²) in [6.07, 6.45) is 0. The highest BCUT2D eigenvalue weighted by molar-refractivity contribution is 6.31. The van der Waals surface area contributed by atoms with E-state index in [2.05, 4.69) is 28.2 Å². The summed E-state index contributed by atoms with van der Waals surface area (Å²) in [5, 5.41) is 3.04. The van der Waals surface area contributed by atoms with Gasteiger partial charge in [0.1, 0.15) is 5.82 Å². The molecule has 0 spiro atoms. The third-order valence-corrected chi connectivity index (χ3v) is 3.49. The molecule has 3 heteroatoms. The fourth-order valence-electron chi connectivity index (χ4n) is 2.39. The van der Waals surface area contributed by atoms with Gasteiger partial charge < -0.3 is 4.98 Å². The lowest BCUT2D eigenvalue weighted by molar-refractivity contribution is 1.30. The van der Waals surface area contributed by atoms with Crippen LogP contribution >= 0.6 is 11.6 Å². The van der Waals surface area contributed by atoms with Crippen molar-refractivity contribution in [2.75, 3.05) is 0 Å². The van der Waals surface area contributed by atoms with Crippen LogP contribution in [-0.4, -0.2) is 9.97 Å². The number of nitrogens with zero attached hydrogens (tertiary/aromatic N) is 1. The fraction of sp³-hybridized carbons (Fsp3) is 0. The van der Waals surface area contributed by atoms with Crippen molar-refractivity contribution in [3.63, 3.8) is 0 Å². The second-order valence-corrected chi connectivity index (χ2v) is 4.83. The molecule has 0 unspecified atom stereocenters. The average molecular weight is 253 g/mol. The Labute approximate surface area is 109 Å². The minimum atomic E-state index is 0.717. The molecule has 0 saturated heterocycles. The standard InChI is InChI=1S/C15H9ClN2/c16-10-5-6-11-12-7-9-3-1-2-4-13(9)17-15(12)18-14(11)8-10/h1-8H,(H,17,18). The average Bonchev–Trinajstić information content (AvgIpc) is 2.72. The molecule has 0 amide bonds. The number of para-hydroxylation sites is 1. The van der Waals surface area contributed by atoms with Gasteiger partial charge in [-0.3, -0.25) is 0 Å². The van der Waals surface area contributed by atoms with Gasteiger partial charge in [-0.2, -0.15) is 0 Å². The van der Waals surface area contributed by atoms with Gasteiger partial charge in [0.15, 0.2) is 0 Å². The summed E-state index contributed by atoms with van der Waals surface area (Å²) < 4.78 is 0. The monoisotopic (exact) mass is 252 g/mol. The van der Waals surface area contributed by atoms with Crippen LogP contribution in [0.5, 0.6) is 0 Å². The zero-order valence-electron chi connectivity index (χ0n) is 9.44. The second kappa shape index (κ2) is 3.47. The third-order valence-electron chi connectivity index (χ3n) is 3.25. The maximum absolute atomic E-state index is 6.00. The second-order valence-electron chi connectivity index (χ2n) is 4.39. The van der Waals surface area contributed by atoms with Crippen LogP contribution in [0.25, 0.3) is 33.2 Å². The van der Waals surface area contributed by atoms with E-state index in [0.29, 0.717) is 0 Å². The van der Waals surface area contributed by atoms with Crippen molar-refractivity contribution in [1.29, 1.82) is 0 Å². The molecule has 0 fully saturated rings. The summed E-state index contributed by atoms with van der Waals surface area (Å²) in [6, 6.07) is 16.2. The number of nitrogens with one attached hydrogen (secondary N) is 1. The van der Waals surface area contributed by atoms with E-state index in [9.17, 15) is 0 Å². The van der Waals surface area contributed by atoms with Crippen molar-refractivity contribution in [2.24, 2.45) is 0 Å². The van der Waals surface area contributed by atoms with E-state index in [-0.39, 0.29) is 0 Å². The molecule has 0 aliphatic carbocycles. The predicted molar refractivity (Wildman–Crippen MR) is 75.2 cm³/mol. The molecule has 2 heterocycles. The van der Waals surface area contributed by atoms with Crippen LogP contribution in [0.1, 0.15) is 0 Å². The molecule has 4 rings (SSSR count). The van der Waals surface area contributed by atoms with E-state index in [1.807, 2.05) is 30.3 Å². The molecule has 2 aromatic rings. The van der Waals surface area contributed by atoms with Crippen LogP contribution in [0.15, 0.2) is 48.5 Å². The number of aromatic nitrogens is 2. The zero-order valence-corrected chi connectivity index (χ0v) is 10.2. The van der Waals surface area contributed by atoms with E-state index >= 15 is 0 Å². The normalized spacial score (nSPS) is 11.6. The maximum atomic E-state index is 6.00. The third kappa shape index (κ3) is 1.33. The van der Waals surface area contributed by atoms with E-state index in [1.165, 1.54) is 5.39 Å². The summed E-state index contributed by atoms with van der Waals surface area (Å²) in [6.45, 7) is 0. The molecule has 2 aliphatic rings. The van der Waals surface area contributed by atoms with Crippen molar-refractivity contribution in [1.82, 2.24) is 9.97 Å². The Bertz CT molecular complexity index is 848. The lowest BCUT2D eigenvalue weighted by atomic mass is 10.1. The minimum absolute atomic E-state index is 0.717. The van der Waals surface area contributed by atoms with Crippen molar-refractivity contribution in [2.45, 2.75) is 0 Å². The summed E-state index contributed by atoms with van der Waals surface area (Å²) in [4.78, 5) is 7.95. The first-order chi connectivity index (χ1) is 8.81. The molecular formula is C15H9ClN2. The number of hydrogen-bond acceptors (Lipinski definition) is 1. The van der Waals surface area contributed by atoms with E-state index in [4.69, 9.17) is 11.6 Å². The molecule has 0 bridgehead atoms. The summed E-state index contributed by atoms with van der Waals surface area (Å²) >= 11 is 6.00. The summed E-state index contributed by atoms with van der Waals surface area (Å²) in [5.41, 5.74) is 3.17. The maximum Gasteiger partial charge on any atom is 0.139 e. The molecule has 0 aromatic heterocycles. The number of aromatic amines is 1. The Morgan fingerprint density at radius 1 is 1.00 bits per heavy atom. The SMILES string of the molecule is Clc1ccc2c3cc4ccccc4[nH]c-3nc2c1. The largest absolute Gasteiger partial charge is 0.339 e. The summed E-state index contributed by atoms with van der Waals surface area (Å²) in [5.74, 6) is 0.908. The Morgan fingerprint density at radius 3 is 2.83 bits per heavy atom. The van der Waals surface area contributed by atoms with E-state index < -0.39 is 0 Å². The summed E-state index contributed by atoms with van der Waals surface area (Å²) in [7, 11) is 0. The van der Waals surface area contributed by atoms with Gasteiger partial charge in [-0.1, -0.05) is 35.9 Å². The number of rotatable bonds is 0. The molecule has 18 heavy (non-hydrogen) atoms. The van der Waals surface area contributed by atoms with Gasteiger partial charge in [0.25, 0.3) is 0 Å². The highest BCUT2D eigenvalue weighted by atomic mass is 35.5. The van der Waals surface area contributed by atoms with E-state index in [0.717, 1.165) is 32.8 Å². The number of H-pyrrole nitrogens is 1. The molecule has 0 atom stereocenters. The topological polar surface area (TPSA) is 28.7 Å². The van der Waals surface area contributed by atoms with Crippen LogP contribution < -0.4 is 0 Å². The predicted octanol–water partition coefficient (Wildman–Crippen LogP) is 4.47. The van der Waals surface area contributed by atoms with Gasteiger partial charge in [0.05, 0.1) is 5.52 Å². The molecule has 2 aromatic carbocycles. The Hall–Kier alpha value is -2.06. The van der Waals surface area contributed by atoms with Crippen LogP contribution in [0, 0.1) is 0 Å². The molecule has 86 valence electrons. The van der Waals surface area contributed by atoms with Crippen molar-refractivity contribution in [3.8, 4) is 11.4 Å². The van der Waals surface area contributed by atoms with Gasteiger partial charge >= 0.3 is 0 Å². The highest BCUT2D eigenvalue weighted by Crippen LogP contribution is 2.33. The lowest BCUT2D eigenvalue weighted by Crippen LogP contribution is -1.85. The van der Waals surface area contributed by atoms with Crippen LogP contribution in [-0.2, 0) is 0 Å². The van der Waals surface area contributed by atoms with Crippen LogP contribution in [0.2, 0.25) is 5.02 Å². The van der Waals surface area contributed by atoms with Gasteiger partial charge in [-0.15, -0.1) is 0 Å². The molecule has 1 N–H and O–H groups in total. The number of halogens is 1. The first kappa shape index (κ1) is 9.92. The van der Waals surface area contributed by atoms with Gasteiger partial charge in [0, 0.05) is 21.5 Å². The van der Waals surface area contributed by atoms with Crippen molar-refractivity contribution >= 4 is 33.4 Å². The smallest absolute Gasteiger partial charge is 0.139 e. The van der Waals surface area contributed by atoms with Gasteiger partial charge in [0.2, 0.25) is 0 Å². The van der Waals surface area contributed by atoms with Crippen molar-refractivity contribution in [3.05, 3.63) is 53.6 Å². The first-order valence-electron chi connectivity index (χ1n) is 5.78. The molecule has 2 aliphatic heterocycles. The zero-order chi connectivity index (χ0) is 12.1. The van der Waals surface area contributed by atoms with Gasteiger partial charge in [-0.25, -0.2) is 4.98 Å². The Balaban J connectivity index is 2.20. The quantitative estimate of drug-likeness (QED) is 0.491. The minimum Gasteiger partial charge on any atom is -0.339 e. The van der Waals surface area contributed by atoms with E-state index in [1.54, 1.807) is 0 Å².